The number of nitrogens with zero attached hydrogens (tertiary/aromatic N) is 1. The van der Waals surface area contributed by atoms with Gasteiger partial charge < -0.3 is 16.8 Å². The van der Waals surface area contributed by atoms with Crippen molar-refractivity contribution >= 4 is 5.91 Å². The van der Waals surface area contributed by atoms with Crippen LogP contribution in [0.3, 0.4) is 0 Å². The highest BCUT2D eigenvalue weighted by atomic mass is 16.2. The Kier molecular flexibility index (Phi) is 3.24. The lowest BCUT2D eigenvalue weighted by Gasteiger charge is -2.40. The Morgan fingerprint density at radius 3 is 2.46 bits per heavy atom. The molecule has 0 aromatic carbocycles. The molecule has 5 nitrogen and oxygen atoms in total. The minimum absolute atomic E-state index is 0.433. The molecule has 0 radical (unpaired) electrons. The van der Waals surface area contributed by atoms with E-state index in [1.54, 1.807) is 0 Å². The van der Waals surface area contributed by atoms with E-state index in [0.717, 1.165) is 26.2 Å². The molecule has 0 bridgehead atoms. The molecule has 1 aliphatic rings. The van der Waals surface area contributed by atoms with Crippen molar-refractivity contribution in [1.82, 2.24) is 10.2 Å². The molecule has 13 heavy (non-hydrogen) atoms. The van der Waals surface area contributed by atoms with E-state index in [1.165, 1.54) is 0 Å². The molecule has 0 aliphatic carbocycles. The van der Waals surface area contributed by atoms with E-state index >= 15 is 0 Å². The van der Waals surface area contributed by atoms with Crippen LogP contribution >= 0.6 is 0 Å². The third kappa shape index (κ3) is 1.99. The summed E-state index contributed by atoms with van der Waals surface area (Å²) in [6, 6.07) is 0. The van der Waals surface area contributed by atoms with Gasteiger partial charge in [-0.15, -0.1) is 0 Å². The predicted molar refractivity (Wildman–Crippen MR) is 50.8 cm³/mol. The Hall–Kier alpha value is -0.650. The largest absolute Gasteiger partial charge is 0.367 e. The summed E-state index contributed by atoms with van der Waals surface area (Å²) in [5.74, 6) is -0.433. The molecule has 1 amide bonds. The minimum Gasteiger partial charge on any atom is -0.367 e. The molecule has 1 unspecified atom stereocenters. The number of nitrogens with two attached hydrogens (primary N) is 2. The monoisotopic (exact) mass is 186 g/mol. The maximum absolute atomic E-state index is 11.2. The maximum Gasteiger partial charge on any atom is 0.252 e. The van der Waals surface area contributed by atoms with Crippen LogP contribution in [0.4, 0.5) is 0 Å². The number of carbonyl (C=O) groups excluding carboxylic acids is 1. The first kappa shape index (κ1) is 10.4. The molecular formula is C8H18N4O. The zero-order valence-corrected chi connectivity index (χ0v) is 8.05. The third-order valence-corrected chi connectivity index (χ3v) is 2.65. The fourth-order valence-corrected chi connectivity index (χ4v) is 1.62. The first-order valence-corrected chi connectivity index (χ1v) is 4.66. The van der Waals surface area contributed by atoms with Gasteiger partial charge in [0.1, 0.15) is 5.66 Å². The molecule has 1 saturated heterocycles. The third-order valence-electron chi connectivity index (χ3n) is 2.65. The second-order valence-corrected chi connectivity index (χ2v) is 3.38. The van der Waals surface area contributed by atoms with Crippen LogP contribution in [0.15, 0.2) is 0 Å². The van der Waals surface area contributed by atoms with Gasteiger partial charge in [0, 0.05) is 26.2 Å². The Morgan fingerprint density at radius 2 is 2.08 bits per heavy atom. The number of hydrogen-bond acceptors (Lipinski definition) is 4. The lowest BCUT2D eigenvalue weighted by atomic mass is 10.0. The van der Waals surface area contributed by atoms with E-state index in [-0.39, 0.29) is 0 Å². The number of amides is 1. The zero-order chi connectivity index (χ0) is 9.90. The molecule has 0 saturated carbocycles. The maximum atomic E-state index is 11.2. The highest BCUT2D eigenvalue weighted by Crippen LogP contribution is 2.13. The van der Waals surface area contributed by atoms with Gasteiger partial charge in [-0.05, 0) is 6.42 Å². The number of nitrogens with one attached hydrogen (secondary N) is 1. The average molecular weight is 186 g/mol. The summed E-state index contributed by atoms with van der Waals surface area (Å²) in [4.78, 5) is 13.1. The Bertz CT molecular complexity index is 191. The molecule has 0 aromatic rings. The number of primary amides is 1. The highest BCUT2D eigenvalue weighted by Gasteiger charge is 2.37. The standard InChI is InChI=1S/C8H18N4O/c1-2-8(10,7(9)13)12-5-3-11-4-6-12/h11H,2-6,10H2,1H3,(H2,9,13). The summed E-state index contributed by atoms with van der Waals surface area (Å²) >= 11 is 0. The SMILES string of the molecule is CCC(N)(C(N)=O)N1CCNCC1. The van der Waals surface area contributed by atoms with Crippen molar-refractivity contribution in [2.45, 2.75) is 19.0 Å². The van der Waals surface area contributed by atoms with Crippen LogP contribution in [0, 0.1) is 0 Å². The van der Waals surface area contributed by atoms with Crippen molar-refractivity contribution < 1.29 is 4.79 Å². The molecule has 1 rings (SSSR count). The molecule has 5 N–H and O–H groups in total. The molecule has 1 aliphatic heterocycles. The van der Waals surface area contributed by atoms with Crippen LogP contribution in [-0.4, -0.2) is 42.6 Å². The summed E-state index contributed by atoms with van der Waals surface area (Å²) in [6.07, 6.45) is 0.558. The van der Waals surface area contributed by atoms with Crippen LogP contribution in [0.25, 0.3) is 0 Å². The van der Waals surface area contributed by atoms with Crippen LogP contribution in [0.1, 0.15) is 13.3 Å². The number of hydrogen-bond donors (Lipinski definition) is 3. The summed E-state index contributed by atoms with van der Waals surface area (Å²) in [5.41, 5.74) is 10.3. The van der Waals surface area contributed by atoms with Crippen LogP contribution in [0.5, 0.6) is 0 Å². The zero-order valence-electron chi connectivity index (χ0n) is 8.05. The molecule has 0 aromatic heterocycles. The Morgan fingerprint density at radius 1 is 1.54 bits per heavy atom. The summed E-state index contributed by atoms with van der Waals surface area (Å²) in [7, 11) is 0. The van der Waals surface area contributed by atoms with Crippen molar-refractivity contribution in [3.05, 3.63) is 0 Å². The first-order chi connectivity index (χ1) is 6.11. The van der Waals surface area contributed by atoms with E-state index in [4.69, 9.17) is 11.5 Å². The van der Waals surface area contributed by atoms with Gasteiger partial charge >= 0.3 is 0 Å². The minimum atomic E-state index is -0.956. The fraction of sp³-hybridized carbons (Fsp3) is 0.875. The number of piperazine rings is 1. The topological polar surface area (TPSA) is 84.4 Å². The second kappa shape index (κ2) is 4.04. The fourth-order valence-electron chi connectivity index (χ4n) is 1.62. The van der Waals surface area contributed by atoms with Crippen molar-refractivity contribution in [1.29, 1.82) is 0 Å². The Balaban J connectivity index is 2.68. The highest BCUT2D eigenvalue weighted by molar-refractivity contribution is 5.83. The molecule has 76 valence electrons. The van der Waals surface area contributed by atoms with Crippen molar-refractivity contribution in [2.75, 3.05) is 26.2 Å². The van der Waals surface area contributed by atoms with Crippen molar-refractivity contribution in [2.24, 2.45) is 11.5 Å². The Labute approximate surface area is 78.4 Å². The normalized spacial score (nSPS) is 23.8. The second-order valence-electron chi connectivity index (χ2n) is 3.38. The number of carbonyl (C=O) groups is 1. The quantitative estimate of drug-likeness (QED) is 0.498. The van der Waals surface area contributed by atoms with E-state index in [0.29, 0.717) is 6.42 Å². The average Bonchev–Trinajstić information content (AvgIpc) is 2.17. The van der Waals surface area contributed by atoms with Crippen LogP contribution in [0.2, 0.25) is 0 Å². The molecule has 0 spiro atoms. The van der Waals surface area contributed by atoms with Gasteiger partial charge in [-0.1, -0.05) is 6.92 Å². The van der Waals surface area contributed by atoms with Crippen LogP contribution < -0.4 is 16.8 Å². The van der Waals surface area contributed by atoms with Gasteiger partial charge in [0.05, 0.1) is 0 Å². The van der Waals surface area contributed by atoms with E-state index in [9.17, 15) is 4.79 Å². The van der Waals surface area contributed by atoms with E-state index in [1.807, 2.05) is 11.8 Å². The number of rotatable bonds is 3. The van der Waals surface area contributed by atoms with Gasteiger partial charge in [-0.25, -0.2) is 0 Å². The smallest absolute Gasteiger partial charge is 0.252 e. The van der Waals surface area contributed by atoms with Gasteiger partial charge in [-0.2, -0.15) is 0 Å². The molecule has 5 heteroatoms. The lowest BCUT2D eigenvalue weighted by molar-refractivity contribution is -0.130. The predicted octanol–water partition coefficient (Wildman–Crippen LogP) is -1.56. The van der Waals surface area contributed by atoms with Crippen molar-refractivity contribution in [3.8, 4) is 0 Å². The summed E-state index contributed by atoms with van der Waals surface area (Å²) < 4.78 is 0. The van der Waals surface area contributed by atoms with E-state index in [2.05, 4.69) is 5.32 Å². The van der Waals surface area contributed by atoms with Gasteiger partial charge in [0.2, 0.25) is 0 Å². The van der Waals surface area contributed by atoms with Crippen LogP contribution in [-0.2, 0) is 4.79 Å². The molecule has 1 fully saturated rings. The molecule has 1 atom stereocenters. The van der Waals surface area contributed by atoms with Gasteiger partial charge in [0.15, 0.2) is 0 Å². The molecular weight excluding hydrogens is 168 g/mol. The van der Waals surface area contributed by atoms with Crippen molar-refractivity contribution in [3.63, 3.8) is 0 Å². The first-order valence-electron chi connectivity index (χ1n) is 4.66. The lowest BCUT2D eigenvalue weighted by Crippen LogP contribution is -2.67. The van der Waals surface area contributed by atoms with Gasteiger partial charge in [-0.3, -0.25) is 9.69 Å². The van der Waals surface area contributed by atoms with Gasteiger partial charge in [0.25, 0.3) is 5.91 Å². The molecule has 1 heterocycles. The summed E-state index contributed by atoms with van der Waals surface area (Å²) in [6.45, 7) is 5.19. The summed E-state index contributed by atoms with van der Waals surface area (Å²) in [5, 5.41) is 3.20. The van der Waals surface area contributed by atoms with E-state index < -0.39 is 11.6 Å².